The molecule has 2 rings (SSSR count). The van der Waals surface area contributed by atoms with Crippen molar-refractivity contribution in [1.82, 2.24) is 4.90 Å². The highest BCUT2D eigenvalue weighted by Crippen LogP contribution is 2.37. The molecule has 0 radical (unpaired) electrons. The second kappa shape index (κ2) is 4.86. The van der Waals surface area contributed by atoms with E-state index in [1.807, 2.05) is 18.0 Å². The number of likely N-dealkylation sites (N-methyl/N-ethyl adjacent to an activating group) is 1. The van der Waals surface area contributed by atoms with Gasteiger partial charge >= 0.3 is 5.97 Å². The van der Waals surface area contributed by atoms with E-state index in [2.05, 4.69) is 0 Å². The Labute approximate surface area is 106 Å². The molecule has 1 aromatic carbocycles. The van der Waals surface area contributed by atoms with Crippen LogP contribution in [0.5, 0.6) is 11.5 Å². The van der Waals surface area contributed by atoms with E-state index in [1.54, 1.807) is 20.3 Å². The van der Waals surface area contributed by atoms with Crippen LogP contribution in [0.2, 0.25) is 0 Å². The highest BCUT2D eigenvalue weighted by Gasteiger charge is 2.31. The van der Waals surface area contributed by atoms with Gasteiger partial charge in [0.05, 0.1) is 14.2 Å². The summed E-state index contributed by atoms with van der Waals surface area (Å²) in [5.74, 6) is 0.369. The van der Waals surface area contributed by atoms with Gasteiger partial charge in [0.1, 0.15) is 6.04 Å². The van der Waals surface area contributed by atoms with Crippen LogP contribution >= 0.6 is 0 Å². The fourth-order valence-corrected chi connectivity index (χ4v) is 2.39. The summed E-state index contributed by atoms with van der Waals surface area (Å²) in [5.41, 5.74) is 1.80. The molecule has 0 bridgehead atoms. The smallest absolute Gasteiger partial charge is 0.325 e. The largest absolute Gasteiger partial charge is 0.493 e. The van der Waals surface area contributed by atoms with Crippen molar-refractivity contribution in [2.45, 2.75) is 12.5 Å². The summed E-state index contributed by atoms with van der Waals surface area (Å²) in [7, 11) is 4.94. The zero-order valence-electron chi connectivity index (χ0n) is 10.8. The van der Waals surface area contributed by atoms with Crippen LogP contribution in [0.1, 0.15) is 17.2 Å². The van der Waals surface area contributed by atoms with E-state index in [0.717, 1.165) is 24.1 Å². The van der Waals surface area contributed by atoms with Crippen molar-refractivity contribution in [3.8, 4) is 11.5 Å². The van der Waals surface area contributed by atoms with E-state index >= 15 is 0 Å². The topological polar surface area (TPSA) is 59.0 Å². The fourth-order valence-electron chi connectivity index (χ4n) is 2.39. The number of fused-ring (bicyclic) bond motifs is 1. The first-order valence-electron chi connectivity index (χ1n) is 5.76. The summed E-state index contributed by atoms with van der Waals surface area (Å²) in [6, 6.07) is 3.02. The van der Waals surface area contributed by atoms with Crippen molar-refractivity contribution in [3.63, 3.8) is 0 Å². The number of rotatable bonds is 3. The molecule has 18 heavy (non-hydrogen) atoms. The lowest BCUT2D eigenvalue weighted by atomic mass is 9.92. The summed E-state index contributed by atoms with van der Waals surface area (Å²) in [5, 5.41) is 9.33. The average Bonchev–Trinajstić information content (AvgIpc) is 2.36. The first-order chi connectivity index (χ1) is 8.58. The molecular formula is C13H17NO4. The molecule has 1 unspecified atom stereocenters. The summed E-state index contributed by atoms with van der Waals surface area (Å²) in [6.45, 7) is 0.722. The molecule has 0 spiro atoms. The zero-order valence-corrected chi connectivity index (χ0v) is 10.8. The number of methoxy groups -OCH3 is 2. The first kappa shape index (κ1) is 12.7. The van der Waals surface area contributed by atoms with Gasteiger partial charge in [0.15, 0.2) is 11.5 Å². The van der Waals surface area contributed by atoms with E-state index < -0.39 is 12.0 Å². The molecule has 0 aromatic heterocycles. The molecule has 1 N–H and O–H groups in total. The molecule has 1 aliphatic heterocycles. The van der Waals surface area contributed by atoms with Crippen LogP contribution in [0.3, 0.4) is 0 Å². The van der Waals surface area contributed by atoms with Gasteiger partial charge in [-0.25, -0.2) is 0 Å². The maximum Gasteiger partial charge on any atom is 0.325 e. The van der Waals surface area contributed by atoms with Gasteiger partial charge in [-0.2, -0.15) is 0 Å². The van der Waals surface area contributed by atoms with Gasteiger partial charge in [-0.15, -0.1) is 0 Å². The van der Waals surface area contributed by atoms with E-state index in [1.165, 1.54) is 0 Å². The Morgan fingerprint density at radius 3 is 2.50 bits per heavy atom. The van der Waals surface area contributed by atoms with Crippen LogP contribution in [-0.4, -0.2) is 43.8 Å². The average molecular weight is 251 g/mol. The third kappa shape index (κ3) is 2.01. The van der Waals surface area contributed by atoms with Crippen LogP contribution in [0.4, 0.5) is 0 Å². The lowest BCUT2D eigenvalue weighted by molar-refractivity contribution is -0.143. The third-order valence-electron chi connectivity index (χ3n) is 3.35. The van der Waals surface area contributed by atoms with Crippen molar-refractivity contribution in [1.29, 1.82) is 0 Å². The Balaban J connectivity index is 2.54. The molecule has 0 saturated heterocycles. The number of benzene rings is 1. The van der Waals surface area contributed by atoms with E-state index in [9.17, 15) is 9.90 Å². The minimum absolute atomic E-state index is 0.567. The van der Waals surface area contributed by atoms with Crippen LogP contribution in [0.25, 0.3) is 0 Å². The maximum absolute atomic E-state index is 11.4. The number of hydrogen-bond donors (Lipinski definition) is 1. The van der Waals surface area contributed by atoms with Crippen LogP contribution in [-0.2, 0) is 11.2 Å². The summed E-state index contributed by atoms with van der Waals surface area (Å²) in [6.07, 6.45) is 0.815. The van der Waals surface area contributed by atoms with Gasteiger partial charge in [-0.3, -0.25) is 9.69 Å². The van der Waals surface area contributed by atoms with Crippen molar-refractivity contribution in [2.75, 3.05) is 27.8 Å². The number of nitrogens with zero attached hydrogens (tertiary/aromatic N) is 1. The standard InChI is InChI=1S/C13H17NO4/c1-14-5-4-8-6-10(17-2)11(18-3)7-9(8)12(14)13(15)16/h6-7,12H,4-5H2,1-3H3,(H,15,16). The molecule has 98 valence electrons. The Morgan fingerprint density at radius 2 is 1.94 bits per heavy atom. The lowest BCUT2D eigenvalue weighted by Gasteiger charge is -2.32. The van der Waals surface area contributed by atoms with Crippen molar-refractivity contribution in [2.24, 2.45) is 0 Å². The molecule has 1 aromatic rings. The predicted molar refractivity (Wildman–Crippen MR) is 66.3 cm³/mol. The van der Waals surface area contributed by atoms with Gasteiger partial charge < -0.3 is 14.6 Å². The highest BCUT2D eigenvalue weighted by molar-refractivity contribution is 5.77. The van der Waals surface area contributed by atoms with E-state index in [4.69, 9.17) is 9.47 Å². The molecule has 0 fully saturated rings. The molecule has 1 atom stereocenters. The number of ether oxygens (including phenoxy) is 2. The Morgan fingerprint density at radius 1 is 1.33 bits per heavy atom. The summed E-state index contributed by atoms with van der Waals surface area (Å²) < 4.78 is 10.5. The van der Waals surface area contributed by atoms with Crippen LogP contribution in [0, 0.1) is 0 Å². The Kier molecular flexibility index (Phi) is 3.43. The Bertz CT molecular complexity index is 472. The number of aliphatic carboxylic acids is 1. The quantitative estimate of drug-likeness (QED) is 0.878. The molecular weight excluding hydrogens is 234 g/mol. The Hall–Kier alpha value is -1.75. The first-order valence-corrected chi connectivity index (χ1v) is 5.76. The second-order valence-electron chi connectivity index (χ2n) is 4.38. The van der Waals surface area contributed by atoms with Gasteiger partial charge in [0.25, 0.3) is 0 Å². The number of carboxylic acid groups (broad SMARTS) is 1. The van der Waals surface area contributed by atoms with Crippen molar-refractivity contribution < 1.29 is 19.4 Å². The van der Waals surface area contributed by atoms with Gasteiger partial charge in [-0.1, -0.05) is 0 Å². The third-order valence-corrected chi connectivity index (χ3v) is 3.35. The molecule has 0 aliphatic carbocycles. The lowest BCUT2D eigenvalue weighted by Crippen LogP contribution is -2.36. The SMILES string of the molecule is COc1cc2c(cc1OC)C(C(=O)O)N(C)CC2. The monoisotopic (exact) mass is 251 g/mol. The second-order valence-corrected chi connectivity index (χ2v) is 4.38. The summed E-state index contributed by atoms with van der Waals surface area (Å²) in [4.78, 5) is 13.2. The number of hydrogen-bond acceptors (Lipinski definition) is 4. The molecule has 1 aliphatic rings. The molecule has 0 saturated carbocycles. The van der Waals surface area contributed by atoms with Crippen molar-refractivity contribution >= 4 is 5.97 Å². The fraction of sp³-hybridized carbons (Fsp3) is 0.462. The van der Waals surface area contributed by atoms with Crippen LogP contribution < -0.4 is 9.47 Å². The number of carbonyl (C=O) groups is 1. The molecule has 5 nitrogen and oxygen atoms in total. The zero-order chi connectivity index (χ0) is 13.3. The highest BCUT2D eigenvalue weighted by atomic mass is 16.5. The molecule has 0 amide bonds. The minimum atomic E-state index is -0.842. The molecule has 5 heteroatoms. The van der Waals surface area contributed by atoms with Gasteiger partial charge in [0.2, 0.25) is 0 Å². The number of carboxylic acids is 1. The summed E-state index contributed by atoms with van der Waals surface area (Å²) >= 11 is 0. The van der Waals surface area contributed by atoms with Gasteiger partial charge in [0, 0.05) is 6.54 Å². The minimum Gasteiger partial charge on any atom is -0.493 e. The predicted octanol–water partition coefficient (Wildman–Crippen LogP) is 1.32. The van der Waals surface area contributed by atoms with Crippen LogP contribution in [0.15, 0.2) is 12.1 Å². The van der Waals surface area contributed by atoms with E-state index in [0.29, 0.717) is 11.5 Å². The maximum atomic E-state index is 11.4. The van der Waals surface area contributed by atoms with E-state index in [-0.39, 0.29) is 0 Å². The van der Waals surface area contributed by atoms with Crippen molar-refractivity contribution in [3.05, 3.63) is 23.3 Å². The normalized spacial score (nSPS) is 19.2. The molecule has 1 heterocycles. The van der Waals surface area contributed by atoms with Gasteiger partial charge in [-0.05, 0) is 36.7 Å².